The highest BCUT2D eigenvalue weighted by Gasteiger charge is 2.46. The number of amides is 1. The lowest BCUT2D eigenvalue weighted by atomic mass is 10.2. The topological polar surface area (TPSA) is 63.7 Å². The van der Waals surface area contributed by atoms with Gasteiger partial charge in [-0.2, -0.15) is 0 Å². The van der Waals surface area contributed by atoms with E-state index in [-0.39, 0.29) is 12.3 Å². The Morgan fingerprint density at radius 2 is 2.13 bits per heavy atom. The molecule has 1 aliphatic heterocycles. The van der Waals surface area contributed by atoms with Crippen molar-refractivity contribution in [2.24, 2.45) is 0 Å². The van der Waals surface area contributed by atoms with Gasteiger partial charge in [0.05, 0.1) is 13.5 Å². The second-order valence-corrected chi connectivity index (χ2v) is 5.63. The van der Waals surface area contributed by atoms with Crippen LogP contribution in [0.4, 0.5) is 0 Å². The Morgan fingerprint density at radius 1 is 1.53 bits per heavy atom. The molecule has 0 N–H and O–H groups in total. The number of rotatable bonds is 2. The first-order valence-corrected chi connectivity index (χ1v) is 5.97. The lowest BCUT2D eigenvalue weighted by molar-refractivity contribution is -0.143. The van der Waals surface area contributed by atoms with E-state index in [4.69, 9.17) is 0 Å². The summed E-state index contributed by atoms with van der Waals surface area (Å²) in [5, 5.41) is 0. The third kappa shape index (κ3) is 2.19. The van der Waals surface area contributed by atoms with Gasteiger partial charge < -0.3 is 9.64 Å². The predicted octanol–water partition coefficient (Wildman–Crippen LogP) is -0.124. The fraction of sp³-hybridized carbons (Fsp3) is 0.778. The van der Waals surface area contributed by atoms with Crippen molar-refractivity contribution in [1.29, 1.82) is 0 Å². The van der Waals surface area contributed by atoms with E-state index in [1.165, 1.54) is 18.9 Å². The normalized spacial score (nSPS) is 30.3. The van der Waals surface area contributed by atoms with Gasteiger partial charge in [-0.15, -0.1) is 0 Å². The van der Waals surface area contributed by atoms with Gasteiger partial charge in [0, 0.05) is 30.0 Å². The molecule has 0 aromatic carbocycles. The molecule has 0 aliphatic carbocycles. The Bertz CT molecular complexity index is 317. The molecule has 1 heterocycles. The van der Waals surface area contributed by atoms with E-state index in [2.05, 4.69) is 4.74 Å². The lowest BCUT2D eigenvalue weighted by Crippen LogP contribution is -2.47. The summed E-state index contributed by atoms with van der Waals surface area (Å²) in [4.78, 5) is 23.1. The highest BCUT2D eigenvalue weighted by molar-refractivity contribution is 7.86. The van der Waals surface area contributed by atoms with Crippen LogP contribution in [0.15, 0.2) is 0 Å². The molecule has 0 aromatic heterocycles. The third-order valence-corrected chi connectivity index (χ3v) is 4.54. The van der Waals surface area contributed by atoms with Gasteiger partial charge >= 0.3 is 5.97 Å². The summed E-state index contributed by atoms with van der Waals surface area (Å²) in [5.41, 5.74) is 0. The molecule has 6 heteroatoms. The molecule has 1 unspecified atom stereocenters. The fourth-order valence-corrected chi connectivity index (χ4v) is 3.29. The molecule has 86 valence electrons. The standard InChI is InChI=1S/C9H15NO4S/c1-7(11)10-4-5-15(13)9(10,2)6-8(12)14-3/h4-6H2,1-3H3/t9-,15?/m0/s1. The average molecular weight is 233 g/mol. The zero-order valence-corrected chi connectivity index (χ0v) is 9.93. The van der Waals surface area contributed by atoms with Crippen molar-refractivity contribution >= 4 is 22.7 Å². The van der Waals surface area contributed by atoms with Crippen molar-refractivity contribution in [3.05, 3.63) is 0 Å². The first kappa shape index (κ1) is 12.2. The maximum atomic E-state index is 11.8. The second-order valence-electron chi connectivity index (χ2n) is 3.65. The molecule has 1 rings (SSSR count). The molecule has 1 fully saturated rings. The van der Waals surface area contributed by atoms with Crippen molar-refractivity contribution in [3.63, 3.8) is 0 Å². The van der Waals surface area contributed by atoms with E-state index in [1.807, 2.05) is 0 Å². The lowest BCUT2D eigenvalue weighted by Gasteiger charge is -2.31. The molecule has 0 bridgehead atoms. The number of esters is 1. The van der Waals surface area contributed by atoms with Crippen LogP contribution in [0.3, 0.4) is 0 Å². The van der Waals surface area contributed by atoms with E-state index in [1.54, 1.807) is 6.92 Å². The molecule has 15 heavy (non-hydrogen) atoms. The number of hydrogen-bond donors (Lipinski definition) is 0. The van der Waals surface area contributed by atoms with E-state index in [9.17, 15) is 13.8 Å². The minimum Gasteiger partial charge on any atom is -0.469 e. The average Bonchev–Trinajstić information content (AvgIpc) is 2.43. The Hall–Kier alpha value is -0.910. The van der Waals surface area contributed by atoms with Gasteiger partial charge in [0.1, 0.15) is 4.87 Å². The van der Waals surface area contributed by atoms with Crippen molar-refractivity contribution in [2.45, 2.75) is 25.1 Å². The van der Waals surface area contributed by atoms with Crippen LogP contribution >= 0.6 is 0 Å². The van der Waals surface area contributed by atoms with E-state index < -0.39 is 21.6 Å². The smallest absolute Gasteiger partial charge is 0.308 e. The van der Waals surface area contributed by atoms with Crippen LogP contribution in [0.2, 0.25) is 0 Å². The highest BCUT2D eigenvalue weighted by Crippen LogP contribution is 2.30. The Morgan fingerprint density at radius 3 is 2.60 bits per heavy atom. The SMILES string of the molecule is COC(=O)C[C@@]1(C)N(C(C)=O)CCS1=O. The zero-order valence-electron chi connectivity index (χ0n) is 9.11. The molecule has 5 nitrogen and oxygen atoms in total. The molecule has 1 saturated heterocycles. The molecular formula is C9H15NO4S. The fourth-order valence-electron chi connectivity index (χ4n) is 1.76. The summed E-state index contributed by atoms with van der Waals surface area (Å²) >= 11 is 0. The quantitative estimate of drug-likeness (QED) is 0.624. The summed E-state index contributed by atoms with van der Waals surface area (Å²) in [6.07, 6.45) is -0.0182. The molecule has 2 atom stereocenters. The van der Waals surface area contributed by atoms with Gasteiger partial charge in [0.2, 0.25) is 5.91 Å². The first-order valence-electron chi connectivity index (χ1n) is 4.65. The number of carbonyl (C=O) groups excluding carboxylic acids is 2. The van der Waals surface area contributed by atoms with E-state index >= 15 is 0 Å². The van der Waals surface area contributed by atoms with Gasteiger partial charge in [-0.25, -0.2) is 0 Å². The van der Waals surface area contributed by atoms with Gasteiger partial charge in [-0.1, -0.05) is 0 Å². The van der Waals surface area contributed by atoms with Gasteiger partial charge in [-0.05, 0) is 6.92 Å². The predicted molar refractivity (Wildman–Crippen MR) is 55.4 cm³/mol. The van der Waals surface area contributed by atoms with E-state index in [0.717, 1.165) is 0 Å². The summed E-state index contributed by atoms with van der Waals surface area (Å²) in [6.45, 7) is 3.52. The van der Waals surface area contributed by atoms with Crippen LogP contribution < -0.4 is 0 Å². The summed E-state index contributed by atoms with van der Waals surface area (Å²) < 4.78 is 16.3. The van der Waals surface area contributed by atoms with Gasteiger partial charge in [0.15, 0.2) is 0 Å². The molecule has 0 aromatic rings. The number of methoxy groups -OCH3 is 1. The van der Waals surface area contributed by atoms with Crippen molar-refractivity contribution in [2.75, 3.05) is 19.4 Å². The Labute approximate surface area is 91.2 Å². The van der Waals surface area contributed by atoms with Gasteiger partial charge in [0.25, 0.3) is 0 Å². The second kappa shape index (κ2) is 4.30. The summed E-state index contributed by atoms with van der Waals surface area (Å²) in [5.74, 6) is -0.182. The zero-order chi connectivity index (χ0) is 11.6. The molecule has 1 aliphatic rings. The number of hydrogen-bond acceptors (Lipinski definition) is 4. The van der Waals surface area contributed by atoms with Crippen molar-refractivity contribution < 1.29 is 18.5 Å². The van der Waals surface area contributed by atoms with Crippen LogP contribution in [0.25, 0.3) is 0 Å². The maximum Gasteiger partial charge on any atom is 0.308 e. The summed E-state index contributed by atoms with van der Waals surface area (Å²) in [7, 11) is 0.0847. The molecule has 0 spiro atoms. The Kier molecular flexibility index (Phi) is 3.49. The number of ether oxygens (including phenoxy) is 1. The molecule has 0 saturated carbocycles. The van der Waals surface area contributed by atoms with Crippen LogP contribution in [0, 0.1) is 0 Å². The molecular weight excluding hydrogens is 218 g/mol. The summed E-state index contributed by atoms with van der Waals surface area (Å²) in [6, 6.07) is 0. The van der Waals surface area contributed by atoms with Crippen LogP contribution in [-0.4, -0.2) is 45.3 Å². The molecule has 0 radical (unpaired) electrons. The van der Waals surface area contributed by atoms with Crippen LogP contribution in [0.1, 0.15) is 20.3 Å². The van der Waals surface area contributed by atoms with Crippen molar-refractivity contribution in [1.82, 2.24) is 4.90 Å². The van der Waals surface area contributed by atoms with Crippen molar-refractivity contribution in [3.8, 4) is 0 Å². The third-order valence-electron chi connectivity index (χ3n) is 2.64. The Balaban J connectivity index is 2.90. The van der Waals surface area contributed by atoms with E-state index in [0.29, 0.717) is 12.3 Å². The largest absolute Gasteiger partial charge is 0.469 e. The van der Waals surface area contributed by atoms with Gasteiger partial charge in [-0.3, -0.25) is 13.8 Å². The van der Waals surface area contributed by atoms with Crippen LogP contribution in [0.5, 0.6) is 0 Å². The maximum absolute atomic E-state index is 11.8. The minimum atomic E-state index is -1.19. The number of carbonyl (C=O) groups is 2. The monoisotopic (exact) mass is 233 g/mol. The molecule has 1 amide bonds. The first-order chi connectivity index (χ1) is 6.91. The van der Waals surface area contributed by atoms with Crippen LogP contribution in [-0.2, 0) is 25.1 Å². The number of nitrogens with zero attached hydrogens (tertiary/aromatic N) is 1. The minimum absolute atomic E-state index is 0.0182. The highest BCUT2D eigenvalue weighted by atomic mass is 32.2.